The van der Waals surface area contributed by atoms with Crippen LogP contribution in [0.25, 0.3) is 0 Å². The van der Waals surface area contributed by atoms with Gasteiger partial charge in [0.2, 0.25) is 5.91 Å². The van der Waals surface area contributed by atoms with Crippen molar-refractivity contribution < 1.29 is 14.6 Å². The van der Waals surface area contributed by atoms with Gasteiger partial charge in [-0.25, -0.2) is 0 Å². The highest BCUT2D eigenvalue weighted by Crippen LogP contribution is 2.10. The third-order valence-corrected chi connectivity index (χ3v) is 2.81. The summed E-state index contributed by atoms with van der Waals surface area (Å²) in [7, 11) is 0. The number of hydrogen-bond acceptors (Lipinski definition) is 3. The summed E-state index contributed by atoms with van der Waals surface area (Å²) in [5, 5.41) is 9.30. The van der Waals surface area contributed by atoms with Crippen molar-refractivity contribution >= 4 is 5.91 Å². The van der Waals surface area contributed by atoms with E-state index in [-0.39, 0.29) is 12.3 Å². The lowest BCUT2D eigenvalue weighted by atomic mass is 10.2. The van der Waals surface area contributed by atoms with Gasteiger partial charge in [-0.15, -0.1) is 0 Å². The van der Waals surface area contributed by atoms with E-state index in [0.29, 0.717) is 26.3 Å². The fourth-order valence-corrected chi connectivity index (χ4v) is 1.91. The molecule has 1 atom stereocenters. The first kappa shape index (κ1) is 12.1. The van der Waals surface area contributed by atoms with E-state index in [9.17, 15) is 9.90 Å². The lowest BCUT2D eigenvalue weighted by molar-refractivity contribution is -0.128. The van der Waals surface area contributed by atoms with E-state index in [1.54, 1.807) is 4.90 Å². The molecule has 1 amide bonds. The molecule has 1 aliphatic heterocycles. The highest BCUT2D eigenvalue weighted by Gasteiger charge is 2.27. The average Bonchev–Trinajstić information content (AvgIpc) is 2.65. The number of aliphatic hydroxyl groups is 1. The summed E-state index contributed by atoms with van der Waals surface area (Å²) < 4.78 is 5.49. The molecule has 0 aliphatic carbocycles. The number of carbonyl (C=O) groups is 1. The monoisotopic (exact) mass is 235 g/mol. The Morgan fingerprint density at radius 1 is 1.35 bits per heavy atom. The normalized spacial score (nSPS) is 19.9. The van der Waals surface area contributed by atoms with Crippen LogP contribution in [0.2, 0.25) is 0 Å². The van der Waals surface area contributed by atoms with E-state index in [4.69, 9.17) is 4.74 Å². The van der Waals surface area contributed by atoms with Gasteiger partial charge < -0.3 is 14.7 Å². The van der Waals surface area contributed by atoms with Gasteiger partial charge in [0.25, 0.3) is 0 Å². The number of likely N-dealkylation sites (tertiary alicyclic amines) is 1. The van der Waals surface area contributed by atoms with Crippen molar-refractivity contribution in [1.82, 2.24) is 4.90 Å². The zero-order valence-corrected chi connectivity index (χ0v) is 9.71. The summed E-state index contributed by atoms with van der Waals surface area (Å²) in [5.41, 5.74) is 1.13. The Labute approximate surface area is 101 Å². The predicted molar refractivity (Wildman–Crippen MR) is 63.3 cm³/mol. The number of ether oxygens (including phenoxy) is 1. The van der Waals surface area contributed by atoms with Crippen molar-refractivity contribution in [3.05, 3.63) is 35.9 Å². The maximum Gasteiger partial charge on any atom is 0.225 e. The minimum absolute atomic E-state index is 0.0146. The fourth-order valence-electron chi connectivity index (χ4n) is 1.91. The van der Waals surface area contributed by atoms with Crippen molar-refractivity contribution in [2.45, 2.75) is 19.1 Å². The Kier molecular flexibility index (Phi) is 4.12. The molecule has 1 fully saturated rings. The molecule has 1 aromatic carbocycles. The number of rotatable bonds is 5. The van der Waals surface area contributed by atoms with Gasteiger partial charge in [-0.05, 0) is 5.56 Å². The van der Waals surface area contributed by atoms with Crippen LogP contribution in [0, 0.1) is 0 Å². The number of carbonyl (C=O) groups excluding carboxylic acids is 1. The molecule has 1 saturated heterocycles. The number of amides is 1. The van der Waals surface area contributed by atoms with Crippen LogP contribution in [0.5, 0.6) is 0 Å². The first-order valence-corrected chi connectivity index (χ1v) is 5.83. The van der Waals surface area contributed by atoms with Crippen LogP contribution < -0.4 is 0 Å². The highest BCUT2D eigenvalue weighted by molar-refractivity contribution is 5.78. The lowest BCUT2D eigenvalue weighted by Crippen LogP contribution is -2.29. The van der Waals surface area contributed by atoms with Crippen molar-refractivity contribution in [1.29, 1.82) is 0 Å². The van der Waals surface area contributed by atoms with E-state index in [1.807, 2.05) is 30.3 Å². The summed E-state index contributed by atoms with van der Waals surface area (Å²) in [4.78, 5) is 13.0. The van der Waals surface area contributed by atoms with E-state index in [1.165, 1.54) is 0 Å². The molecule has 0 radical (unpaired) electrons. The molecule has 0 saturated carbocycles. The minimum atomic E-state index is -0.503. The van der Waals surface area contributed by atoms with Crippen molar-refractivity contribution in [2.75, 3.05) is 19.7 Å². The SMILES string of the molecule is O=C1C[C@@H](O)CN1CCOCc1ccccc1. The third kappa shape index (κ3) is 3.54. The maximum absolute atomic E-state index is 11.4. The van der Waals surface area contributed by atoms with Gasteiger partial charge in [-0.1, -0.05) is 30.3 Å². The van der Waals surface area contributed by atoms with Gasteiger partial charge >= 0.3 is 0 Å². The molecule has 1 heterocycles. The Hall–Kier alpha value is -1.39. The van der Waals surface area contributed by atoms with Gasteiger partial charge in [0, 0.05) is 13.1 Å². The van der Waals surface area contributed by atoms with Gasteiger partial charge in [-0.2, -0.15) is 0 Å². The molecule has 0 unspecified atom stereocenters. The summed E-state index contributed by atoms with van der Waals surface area (Å²) in [5.74, 6) is 0.0146. The second kappa shape index (κ2) is 5.80. The maximum atomic E-state index is 11.4. The molecule has 92 valence electrons. The number of nitrogens with zero attached hydrogens (tertiary/aromatic N) is 1. The lowest BCUT2D eigenvalue weighted by Gasteiger charge is -2.15. The minimum Gasteiger partial charge on any atom is -0.391 e. The summed E-state index contributed by atoms with van der Waals surface area (Å²) in [6.07, 6.45) is -0.254. The fraction of sp³-hybridized carbons (Fsp3) is 0.462. The Morgan fingerprint density at radius 2 is 2.12 bits per heavy atom. The van der Waals surface area contributed by atoms with E-state index < -0.39 is 6.10 Å². The number of β-amino-alcohol motifs (C(OH)–C–C–N with tert-alkyl or cyclic N) is 1. The molecule has 1 aliphatic rings. The van der Waals surface area contributed by atoms with E-state index in [0.717, 1.165) is 5.56 Å². The first-order chi connectivity index (χ1) is 8.25. The Bertz CT molecular complexity index is 366. The van der Waals surface area contributed by atoms with Crippen molar-refractivity contribution in [3.8, 4) is 0 Å². The molecular weight excluding hydrogens is 218 g/mol. The number of hydrogen-bond donors (Lipinski definition) is 1. The molecule has 4 nitrogen and oxygen atoms in total. The molecule has 4 heteroatoms. The van der Waals surface area contributed by atoms with Crippen LogP contribution in [0.4, 0.5) is 0 Å². The molecule has 1 aromatic rings. The van der Waals surface area contributed by atoms with Crippen LogP contribution in [-0.4, -0.2) is 41.7 Å². The van der Waals surface area contributed by atoms with E-state index >= 15 is 0 Å². The van der Waals surface area contributed by atoms with Crippen LogP contribution >= 0.6 is 0 Å². The summed E-state index contributed by atoms with van der Waals surface area (Å²) >= 11 is 0. The largest absolute Gasteiger partial charge is 0.391 e. The zero-order valence-electron chi connectivity index (χ0n) is 9.71. The van der Waals surface area contributed by atoms with Gasteiger partial charge in [0.05, 0.1) is 25.7 Å². The van der Waals surface area contributed by atoms with Gasteiger partial charge in [0.1, 0.15) is 0 Å². The second-order valence-electron chi connectivity index (χ2n) is 4.24. The first-order valence-electron chi connectivity index (χ1n) is 5.83. The predicted octanol–water partition coefficient (Wildman–Crippen LogP) is 0.796. The summed E-state index contributed by atoms with van der Waals surface area (Å²) in [6, 6.07) is 9.92. The number of benzene rings is 1. The topological polar surface area (TPSA) is 49.8 Å². The van der Waals surface area contributed by atoms with Gasteiger partial charge in [-0.3, -0.25) is 4.79 Å². The van der Waals surface area contributed by atoms with Crippen LogP contribution in [0.15, 0.2) is 30.3 Å². The zero-order chi connectivity index (χ0) is 12.1. The standard InChI is InChI=1S/C13H17NO3/c15-12-8-13(16)14(9-12)6-7-17-10-11-4-2-1-3-5-11/h1-5,12,15H,6-10H2/t12-/m1/s1. The molecule has 0 spiro atoms. The molecule has 1 N–H and O–H groups in total. The van der Waals surface area contributed by atoms with Crippen LogP contribution in [0.3, 0.4) is 0 Å². The molecule has 0 aromatic heterocycles. The summed E-state index contributed by atoms with van der Waals surface area (Å²) in [6.45, 7) is 2.06. The molecule has 2 rings (SSSR count). The van der Waals surface area contributed by atoms with Crippen LogP contribution in [0.1, 0.15) is 12.0 Å². The molecule has 0 bridgehead atoms. The van der Waals surface area contributed by atoms with Crippen molar-refractivity contribution in [3.63, 3.8) is 0 Å². The Balaban J connectivity index is 1.65. The smallest absolute Gasteiger partial charge is 0.225 e. The highest BCUT2D eigenvalue weighted by atomic mass is 16.5. The second-order valence-corrected chi connectivity index (χ2v) is 4.24. The van der Waals surface area contributed by atoms with Crippen LogP contribution in [-0.2, 0) is 16.1 Å². The average molecular weight is 235 g/mol. The van der Waals surface area contributed by atoms with E-state index in [2.05, 4.69) is 0 Å². The molecular formula is C13H17NO3. The Morgan fingerprint density at radius 3 is 2.76 bits per heavy atom. The van der Waals surface area contributed by atoms with Gasteiger partial charge in [0.15, 0.2) is 0 Å². The third-order valence-electron chi connectivity index (χ3n) is 2.81. The van der Waals surface area contributed by atoms with Crippen molar-refractivity contribution in [2.24, 2.45) is 0 Å². The number of aliphatic hydroxyl groups excluding tert-OH is 1. The quantitative estimate of drug-likeness (QED) is 0.768. The molecule has 17 heavy (non-hydrogen) atoms.